The van der Waals surface area contributed by atoms with Crippen LogP contribution in [-0.4, -0.2) is 10.8 Å². The molecule has 2 heterocycles. The molecule has 0 radical (unpaired) electrons. The van der Waals surface area contributed by atoms with Crippen molar-refractivity contribution in [3.05, 3.63) is 59.3 Å². The first-order chi connectivity index (χ1) is 13.6. The van der Waals surface area contributed by atoms with E-state index in [4.69, 9.17) is 10.5 Å². The van der Waals surface area contributed by atoms with E-state index in [1.807, 2.05) is 18.4 Å². The van der Waals surface area contributed by atoms with Crippen molar-refractivity contribution in [1.82, 2.24) is 4.98 Å². The number of alkyl halides is 1. The van der Waals surface area contributed by atoms with Crippen molar-refractivity contribution in [2.24, 2.45) is 11.7 Å². The van der Waals surface area contributed by atoms with Crippen LogP contribution in [0.5, 0.6) is 5.75 Å². The van der Waals surface area contributed by atoms with Gasteiger partial charge in [-0.3, -0.25) is 4.98 Å². The molecule has 2 unspecified atom stereocenters. The maximum Gasteiger partial charge on any atom is 0.279 e. The highest BCUT2D eigenvalue weighted by Gasteiger charge is 2.44. The van der Waals surface area contributed by atoms with Crippen LogP contribution in [-0.2, 0) is 0 Å². The first kappa shape index (κ1) is 20.6. The van der Waals surface area contributed by atoms with Crippen molar-refractivity contribution < 1.29 is 9.13 Å². The predicted molar refractivity (Wildman–Crippen MR) is 116 cm³/mol. The molecule has 0 spiro atoms. The fraction of sp³-hybridized carbons (Fsp3) is 0.435. The number of hydrogen-bond donors (Lipinski definition) is 1. The van der Waals surface area contributed by atoms with E-state index in [9.17, 15) is 0 Å². The minimum Gasteiger partial charge on any atom is -0.452 e. The molecule has 28 heavy (non-hydrogen) atoms. The normalized spacial score (nSPS) is 22.5. The van der Waals surface area contributed by atoms with E-state index >= 15 is 4.39 Å². The average Bonchev–Trinajstić information content (AvgIpc) is 3.16. The Morgan fingerprint density at radius 2 is 2.18 bits per heavy atom. The molecule has 3 nitrogen and oxygen atoms in total. The minimum atomic E-state index is -2.01. The van der Waals surface area contributed by atoms with Gasteiger partial charge in [0.1, 0.15) is 5.75 Å². The summed E-state index contributed by atoms with van der Waals surface area (Å²) in [6.07, 6.45) is 15.1. The van der Waals surface area contributed by atoms with E-state index in [0.29, 0.717) is 11.4 Å². The first-order valence-electron chi connectivity index (χ1n) is 10.1. The maximum atomic E-state index is 16.2. The summed E-state index contributed by atoms with van der Waals surface area (Å²) in [5, 5.41) is 1.94. The molecule has 0 fully saturated rings. The van der Waals surface area contributed by atoms with Gasteiger partial charge in [0, 0.05) is 18.0 Å². The number of pyridine rings is 1. The van der Waals surface area contributed by atoms with Crippen LogP contribution < -0.4 is 10.5 Å². The largest absolute Gasteiger partial charge is 0.452 e. The summed E-state index contributed by atoms with van der Waals surface area (Å²) in [7, 11) is 0. The lowest BCUT2D eigenvalue weighted by Crippen LogP contribution is -2.43. The molecule has 0 bridgehead atoms. The number of ether oxygens (including phenoxy) is 1. The lowest BCUT2D eigenvalue weighted by Gasteiger charge is -2.35. The number of unbranched alkanes of at least 4 members (excludes halogenated alkanes) is 4. The third-order valence-electron chi connectivity index (χ3n) is 5.16. The number of allylic oxidation sites excluding steroid dienone is 3. The zero-order valence-corrected chi connectivity index (χ0v) is 17.5. The Balaban J connectivity index is 1.86. The quantitative estimate of drug-likeness (QED) is 0.377. The monoisotopic (exact) mass is 400 g/mol. The van der Waals surface area contributed by atoms with Gasteiger partial charge in [0.05, 0.1) is 16.1 Å². The van der Waals surface area contributed by atoms with Crippen LogP contribution in [0.1, 0.15) is 52.4 Å². The van der Waals surface area contributed by atoms with Crippen molar-refractivity contribution in [3.8, 4) is 5.75 Å². The summed E-state index contributed by atoms with van der Waals surface area (Å²) in [6, 6.07) is 3.63. The van der Waals surface area contributed by atoms with Gasteiger partial charge >= 0.3 is 0 Å². The molecule has 0 aliphatic heterocycles. The van der Waals surface area contributed by atoms with Gasteiger partial charge in [-0.2, -0.15) is 4.39 Å². The van der Waals surface area contributed by atoms with E-state index in [0.717, 1.165) is 35.1 Å². The van der Waals surface area contributed by atoms with Crippen LogP contribution in [0.15, 0.2) is 59.3 Å². The highest BCUT2D eigenvalue weighted by Crippen LogP contribution is 2.42. The molecule has 0 saturated carbocycles. The smallest absolute Gasteiger partial charge is 0.279 e. The van der Waals surface area contributed by atoms with Gasteiger partial charge in [0.2, 0.25) is 0 Å². The average molecular weight is 401 g/mol. The second-order valence-corrected chi connectivity index (χ2v) is 8.10. The fourth-order valence-electron chi connectivity index (χ4n) is 3.69. The third kappa shape index (κ3) is 4.46. The molecule has 1 aliphatic rings. The Morgan fingerprint density at radius 3 is 2.96 bits per heavy atom. The van der Waals surface area contributed by atoms with E-state index < -0.39 is 11.8 Å². The molecular weight excluding hydrogens is 371 g/mol. The molecule has 3 rings (SSSR count). The van der Waals surface area contributed by atoms with Gasteiger partial charge in [-0.05, 0) is 42.9 Å². The van der Waals surface area contributed by atoms with E-state index in [2.05, 4.69) is 18.0 Å². The number of nitrogens with zero attached hydrogens (tertiary/aromatic N) is 1. The molecule has 0 aromatic carbocycles. The van der Waals surface area contributed by atoms with E-state index in [1.165, 1.54) is 36.7 Å². The van der Waals surface area contributed by atoms with E-state index in [1.54, 1.807) is 24.4 Å². The van der Waals surface area contributed by atoms with Gasteiger partial charge in [-0.25, -0.2) is 0 Å². The van der Waals surface area contributed by atoms with Gasteiger partial charge < -0.3 is 10.5 Å². The van der Waals surface area contributed by atoms with Crippen molar-refractivity contribution in [2.75, 3.05) is 0 Å². The Morgan fingerprint density at radius 1 is 1.32 bits per heavy atom. The molecule has 0 saturated heterocycles. The molecule has 5 heteroatoms. The zero-order valence-electron chi connectivity index (χ0n) is 16.7. The van der Waals surface area contributed by atoms with Crippen molar-refractivity contribution >= 4 is 21.6 Å². The highest BCUT2D eigenvalue weighted by molar-refractivity contribution is 7.17. The summed E-state index contributed by atoms with van der Waals surface area (Å²) in [5.74, 6) is -2.12. The Bertz CT molecular complexity index is 886. The minimum absolute atomic E-state index is 0.503. The van der Waals surface area contributed by atoms with Crippen LogP contribution >= 0.6 is 11.3 Å². The molecule has 0 amide bonds. The van der Waals surface area contributed by atoms with Crippen LogP contribution in [0, 0.1) is 5.92 Å². The summed E-state index contributed by atoms with van der Waals surface area (Å²) < 4.78 is 23.0. The molecular formula is C23H29FN2OS. The van der Waals surface area contributed by atoms with Gasteiger partial charge in [0.25, 0.3) is 5.85 Å². The van der Waals surface area contributed by atoms with Crippen LogP contribution in [0.4, 0.5) is 4.39 Å². The van der Waals surface area contributed by atoms with E-state index in [-0.39, 0.29) is 0 Å². The first-order valence-corrected chi connectivity index (χ1v) is 11.0. The molecule has 2 aromatic heterocycles. The van der Waals surface area contributed by atoms with Crippen molar-refractivity contribution in [3.63, 3.8) is 0 Å². The summed E-state index contributed by atoms with van der Waals surface area (Å²) in [6.45, 7) is 4.25. The number of fused-ring (bicyclic) bond motifs is 1. The van der Waals surface area contributed by atoms with Crippen LogP contribution in [0.25, 0.3) is 10.2 Å². The lowest BCUT2D eigenvalue weighted by atomic mass is 9.83. The molecule has 150 valence electrons. The Kier molecular flexibility index (Phi) is 6.89. The number of thiophene rings is 1. The zero-order chi connectivity index (χ0) is 20.0. The maximum absolute atomic E-state index is 16.2. The lowest BCUT2D eigenvalue weighted by molar-refractivity contribution is -0.0450. The Hall–Kier alpha value is -2.14. The Labute approximate surface area is 170 Å². The number of nitrogens with two attached hydrogens (primary N) is 1. The second kappa shape index (κ2) is 9.37. The highest BCUT2D eigenvalue weighted by atomic mass is 32.1. The van der Waals surface area contributed by atoms with Crippen molar-refractivity contribution in [1.29, 1.82) is 0 Å². The number of hydrogen-bond acceptors (Lipinski definition) is 4. The number of rotatable bonds is 9. The fourth-order valence-corrected chi connectivity index (χ4v) is 4.49. The SMILES string of the molecule is CCCCCC/C=C(/CC)C1C(N)=CC=CC1(F)Oc1ccnc2ccsc12. The van der Waals surface area contributed by atoms with Gasteiger partial charge in [-0.15, -0.1) is 11.3 Å². The molecule has 1 aliphatic carbocycles. The molecule has 2 N–H and O–H groups in total. The summed E-state index contributed by atoms with van der Waals surface area (Å²) >= 11 is 1.50. The van der Waals surface area contributed by atoms with Crippen LogP contribution in [0.3, 0.4) is 0 Å². The number of halogens is 1. The predicted octanol–water partition coefficient (Wildman–Crippen LogP) is 6.68. The third-order valence-corrected chi connectivity index (χ3v) is 6.07. The van der Waals surface area contributed by atoms with Gasteiger partial charge in [0.15, 0.2) is 0 Å². The number of aromatic nitrogens is 1. The van der Waals surface area contributed by atoms with Gasteiger partial charge in [-0.1, -0.05) is 50.8 Å². The topological polar surface area (TPSA) is 48.1 Å². The second-order valence-electron chi connectivity index (χ2n) is 7.18. The molecule has 2 aromatic rings. The summed E-state index contributed by atoms with van der Waals surface area (Å²) in [5.41, 5.74) is 8.58. The summed E-state index contributed by atoms with van der Waals surface area (Å²) in [4.78, 5) is 4.31. The van der Waals surface area contributed by atoms with Crippen molar-refractivity contribution in [2.45, 2.75) is 58.2 Å². The van der Waals surface area contributed by atoms with Crippen LogP contribution in [0.2, 0.25) is 0 Å². The molecule has 2 atom stereocenters. The standard InChI is InChI=1S/C23H29FN2OS/c1-3-5-6-7-8-10-17(4-2)21-18(25)11-9-14-23(21,24)27-20-12-15-26-19-13-16-28-22(19)20/h9-16,21H,3-8,25H2,1-2H3/b17-10-.